The number of nitro benzene ring substituents is 1. The molecule has 2 aromatic rings. The van der Waals surface area contributed by atoms with Crippen LogP contribution in [0.1, 0.15) is 15.9 Å². The summed E-state index contributed by atoms with van der Waals surface area (Å²) < 4.78 is 0. The molecule has 136 valence electrons. The highest BCUT2D eigenvalue weighted by atomic mass is 16.6. The Bertz CT molecular complexity index is 789. The highest BCUT2D eigenvalue weighted by Gasteiger charge is 2.25. The molecule has 8 nitrogen and oxygen atoms in total. The lowest BCUT2D eigenvalue weighted by atomic mass is 10.1. The number of nitro groups is 1. The molecule has 0 atom stereocenters. The van der Waals surface area contributed by atoms with Gasteiger partial charge in [0.15, 0.2) is 0 Å². The van der Waals surface area contributed by atoms with Crippen LogP contribution in [0.25, 0.3) is 0 Å². The zero-order chi connectivity index (χ0) is 18.5. The number of nitrogen functional groups attached to an aromatic ring is 1. The molecule has 0 spiro atoms. The molecule has 1 amide bonds. The Hall–Kier alpha value is -2.97. The maximum atomic E-state index is 12.8. The Labute approximate surface area is 151 Å². The second-order valence-electron chi connectivity index (χ2n) is 6.19. The summed E-state index contributed by atoms with van der Waals surface area (Å²) >= 11 is 0. The lowest BCUT2D eigenvalue weighted by molar-refractivity contribution is -0.384. The van der Waals surface area contributed by atoms with Gasteiger partial charge in [-0.25, -0.2) is 0 Å². The standard InChI is InChI=1S/C18H21N5O3/c19-20-17-7-6-15(23(25)26)12-16(17)18(24)22-10-8-21(9-11-22)13-14-4-2-1-3-5-14/h1-7,12,20H,8-11,13,19H2. The van der Waals surface area contributed by atoms with E-state index in [1.54, 1.807) is 4.90 Å². The minimum Gasteiger partial charge on any atom is -0.336 e. The number of nitrogens with zero attached hydrogens (tertiary/aromatic N) is 3. The molecule has 0 bridgehead atoms. The van der Waals surface area contributed by atoms with Gasteiger partial charge in [0.2, 0.25) is 0 Å². The van der Waals surface area contributed by atoms with Gasteiger partial charge in [-0.05, 0) is 11.6 Å². The number of nitrogens with one attached hydrogen (secondary N) is 1. The highest BCUT2D eigenvalue weighted by molar-refractivity contribution is 6.00. The van der Waals surface area contributed by atoms with Crippen LogP contribution in [0, 0.1) is 10.1 Å². The molecule has 0 unspecified atom stereocenters. The largest absolute Gasteiger partial charge is 0.336 e. The fourth-order valence-electron chi connectivity index (χ4n) is 3.07. The number of carbonyl (C=O) groups excluding carboxylic acids is 1. The number of hydrogen-bond donors (Lipinski definition) is 2. The maximum Gasteiger partial charge on any atom is 0.270 e. The number of carbonyl (C=O) groups is 1. The fourth-order valence-corrected chi connectivity index (χ4v) is 3.07. The van der Waals surface area contributed by atoms with Gasteiger partial charge in [-0.2, -0.15) is 0 Å². The van der Waals surface area contributed by atoms with Crippen LogP contribution in [-0.2, 0) is 6.54 Å². The van der Waals surface area contributed by atoms with Crippen molar-refractivity contribution >= 4 is 17.3 Å². The molecule has 1 aliphatic rings. The molecule has 1 fully saturated rings. The van der Waals surface area contributed by atoms with Crippen LogP contribution in [0.2, 0.25) is 0 Å². The monoisotopic (exact) mass is 355 g/mol. The van der Waals surface area contributed by atoms with E-state index in [9.17, 15) is 14.9 Å². The molecular weight excluding hydrogens is 334 g/mol. The highest BCUT2D eigenvalue weighted by Crippen LogP contribution is 2.23. The average molecular weight is 355 g/mol. The number of benzene rings is 2. The average Bonchev–Trinajstić information content (AvgIpc) is 2.68. The molecule has 3 rings (SSSR count). The summed E-state index contributed by atoms with van der Waals surface area (Å²) in [6.45, 7) is 3.48. The topological polar surface area (TPSA) is 105 Å². The second kappa shape index (κ2) is 7.94. The van der Waals surface area contributed by atoms with Crippen molar-refractivity contribution in [1.82, 2.24) is 9.80 Å². The number of nitrogens with two attached hydrogens (primary N) is 1. The van der Waals surface area contributed by atoms with Gasteiger partial charge in [-0.3, -0.25) is 25.7 Å². The Morgan fingerprint density at radius 1 is 1.12 bits per heavy atom. The van der Waals surface area contributed by atoms with Gasteiger partial charge < -0.3 is 10.3 Å². The van der Waals surface area contributed by atoms with E-state index in [4.69, 9.17) is 5.84 Å². The first-order valence-corrected chi connectivity index (χ1v) is 8.39. The first kappa shape index (κ1) is 17.8. The quantitative estimate of drug-likeness (QED) is 0.482. The molecule has 0 aromatic heterocycles. The van der Waals surface area contributed by atoms with Crippen LogP contribution in [0.15, 0.2) is 48.5 Å². The first-order chi connectivity index (χ1) is 12.6. The van der Waals surface area contributed by atoms with E-state index in [-0.39, 0.29) is 17.2 Å². The summed E-state index contributed by atoms with van der Waals surface area (Å²) in [5.41, 5.74) is 4.15. The molecule has 1 saturated heterocycles. The van der Waals surface area contributed by atoms with Gasteiger partial charge in [-0.15, -0.1) is 0 Å². The van der Waals surface area contributed by atoms with Crippen LogP contribution >= 0.6 is 0 Å². The minimum atomic E-state index is -0.519. The predicted molar refractivity (Wildman–Crippen MR) is 98.5 cm³/mol. The number of rotatable bonds is 5. The summed E-state index contributed by atoms with van der Waals surface area (Å²) in [5.74, 6) is 5.20. The van der Waals surface area contributed by atoms with Gasteiger partial charge in [0.25, 0.3) is 11.6 Å². The molecule has 1 heterocycles. The van der Waals surface area contributed by atoms with E-state index < -0.39 is 4.92 Å². The van der Waals surface area contributed by atoms with Crippen molar-refractivity contribution in [3.05, 3.63) is 69.8 Å². The van der Waals surface area contributed by atoms with E-state index in [1.165, 1.54) is 23.8 Å². The van der Waals surface area contributed by atoms with E-state index >= 15 is 0 Å². The molecule has 26 heavy (non-hydrogen) atoms. The molecule has 3 N–H and O–H groups in total. The Balaban J connectivity index is 1.67. The van der Waals surface area contributed by atoms with Gasteiger partial charge in [0, 0.05) is 44.9 Å². The van der Waals surface area contributed by atoms with E-state index in [0.29, 0.717) is 18.8 Å². The van der Waals surface area contributed by atoms with Gasteiger partial charge in [0.05, 0.1) is 16.2 Å². The third-order valence-electron chi connectivity index (χ3n) is 4.51. The van der Waals surface area contributed by atoms with Crippen molar-refractivity contribution in [2.75, 3.05) is 31.6 Å². The Morgan fingerprint density at radius 3 is 2.42 bits per heavy atom. The summed E-state index contributed by atoms with van der Waals surface area (Å²) in [7, 11) is 0. The van der Waals surface area contributed by atoms with Crippen molar-refractivity contribution in [3.63, 3.8) is 0 Å². The lowest BCUT2D eigenvalue weighted by Gasteiger charge is -2.35. The number of anilines is 1. The normalized spacial score (nSPS) is 14.9. The van der Waals surface area contributed by atoms with E-state index in [1.807, 2.05) is 18.2 Å². The molecular formula is C18H21N5O3. The Kier molecular flexibility index (Phi) is 5.45. The summed E-state index contributed by atoms with van der Waals surface area (Å²) in [4.78, 5) is 27.3. The van der Waals surface area contributed by atoms with Crippen molar-refractivity contribution in [2.45, 2.75) is 6.54 Å². The van der Waals surface area contributed by atoms with Crippen LogP contribution in [-0.4, -0.2) is 46.8 Å². The SMILES string of the molecule is NNc1ccc([N+](=O)[O-])cc1C(=O)N1CCN(Cc2ccccc2)CC1. The molecule has 0 saturated carbocycles. The molecule has 0 radical (unpaired) electrons. The number of amides is 1. The molecule has 8 heteroatoms. The van der Waals surface area contributed by atoms with Crippen molar-refractivity contribution in [3.8, 4) is 0 Å². The maximum absolute atomic E-state index is 12.8. The van der Waals surface area contributed by atoms with Gasteiger partial charge in [-0.1, -0.05) is 30.3 Å². The first-order valence-electron chi connectivity index (χ1n) is 8.39. The zero-order valence-electron chi connectivity index (χ0n) is 14.3. The van der Waals surface area contributed by atoms with Crippen molar-refractivity contribution < 1.29 is 9.72 Å². The van der Waals surface area contributed by atoms with Crippen LogP contribution in [0.3, 0.4) is 0 Å². The summed E-state index contributed by atoms with van der Waals surface area (Å²) in [5, 5.41) is 11.0. The summed E-state index contributed by atoms with van der Waals surface area (Å²) in [6, 6.07) is 14.2. The van der Waals surface area contributed by atoms with Crippen molar-refractivity contribution in [1.29, 1.82) is 0 Å². The third-order valence-corrected chi connectivity index (χ3v) is 4.51. The smallest absolute Gasteiger partial charge is 0.270 e. The number of piperazine rings is 1. The van der Waals surface area contributed by atoms with Gasteiger partial charge in [0.1, 0.15) is 0 Å². The van der Waals surface area contributed by atoms with Crippen LogP contribution in [0.4, 0.5) is 11.4 Å². The van der Waals surface area contributed by atoms with E-state index in [0.717, 1.165) is 19.6 Å². The minimum absolute atomic E-state index is 0.130. The van der Waals surface area contributed by atoms with Crippen LogP contribution in [0.5, 0.6) is 0 Å². The number of hydrazine groups is 1. The zero-order valence-corrected chi connectivity index (χ0v) is 14.3. The Morgan fingerprint density at radius 2 is 1.81 bits per heavy atom. The number of non-ortho nitro benzene ring substituents is 1. The fraction of sp³-hybridized carbons (Fsp3) is 0.278. The van der Waals surface area contributed by atoms with Gasteiger partial charge >= 0.3 is 0 Å². The van der Waals surface area contributed by atoms with Crippen LogP contribution < -0.4 is 11.3 Å². The molecule has 1 aliphatic heterocycles. The molecule has 2 aromatic carbocycles. The lowest BCUT2D eigenvalue weighted by Crippen LogP contribution is -2.48. The molecule has 0 aliphatic carbocycles. The van der Waals surface area contributed by atoms with E-state index in [2.05, 4.69) is 22.5 Å². The summed E-state index contributed by atoms with van der Waals surface area (Å²) in [6.07, 6.45) is 0. The number of hydrogen-bond acceptors (Lipinski definition) is 6. The third kappa shape index (κ3) is 3.98. The van der Waals surface area contributed by atoms with Crippen molar-refractivity contribution in [2.24, 2.45) is 5.84 Å². The second-order valence-corrected chi connectivity index (χ2v) is 6.19. The predicted octanol–water partition coefficient (Wildman–Crippen LogP) is 1.84.